The predicted molar refractivity (Wildman–Crippen MR) is 113 cm³/mol. The number of imidazole rings is 1. The van der Waals surface area contributed by atoms with Gasteiger partial charge in [0.15, 0.2) is 0 Å². The third kappa shape index (κ3) is 4.30. The number of fused-ring (bicyclic) bond motifs is 1. The SMILES string of the molecule is NCC1CCCCC1NC(=O)c1cccc(NC(=O)c2ccc3nc[nH]c3c2)c1. The topological polar surface area (TPSA) is 113 Å². The lowest BCUT2D eigenvalue weighted by Gasteiger charge is -2.31. The van der Waals surface area contributed by atoms with Gasteiger partial charge < -0.3 is 21.4 Å². The highest BCUT2D eigenvalue weighted by atomic mass is 16.2. The molecule has 5 N–H and O–H groups in total. The molecule has 0 saturated heterocycles. The van der Waals surface area contributed by atoms with Crippen LogP contribution in [0.4, 0.5) is 5.69 Å². The number of rotatable bonds is 5. The molecule has 1 fully saturated rings. The fourth-order valence-corrected chi connectivity index (χ4v) is 3.95. The maximum absolute atomic E-state index is 12.7. The zero-order valence-electron chi connectivity index (χ0n) is 16.2. The van der Waals surface area contributed by atoms with Gasteiger partial charge in [0.05, 0.1) is 17.4 Å². The molecule has 1 saturated carbocycles. The van der Waals surface area contributed by atoms with Crippen LogP contribution in [0.2, 0.25) is 0 Å². The number of anilines is 1. The van der Waals surface area contributed by atoms with Crippen molar-refractivity contribution >= 4 is 28.5 Å². The summed E-state index contributed by atoms with van der Waals surface area (Å²) in [6, 6.07) is 12.4. The number of nitrogens with zero attached hydrogens (tertiary/aromatic N) is 1. The first kappa shape index (κ1) is 19.1. The molecule has 2 amide bonds. The van der Waals surface area contributed by atoms with E-state index in [-0.39, 0.29) is 17.9 Å². The Morgan fingerprint density at radius 3 is 2.76 bits per heavy atom. The number of carbonyl (C=O) groups is 2. The van der Waals surface area contributed by atoms with Crippen molar-refractivity contribution < 1.29 is 9.59 Å². The molecule has 4 rings (SSSR count). The van der Waals surface area contributed by atoms with Crippen LogP contribution in [0, 0.1) is 5.92 Å². The Labute approximate surface area is 169 Å². The number of hydrogen-bond acceptors (Lipinski definition) is 4. The Balaban J connectivity index is 1.45. The number of hydrogen-bond donors (Lipinski definition) is 4. The summed E-state index contributed by atoms with van der Waals surface area (Å²) in [7, 11) is 0. The molecule has 7 nitrogen and oxygen atoms in total. The molecule has 0 radical (unpaired) electrons. The van der Waals surface area contributed by atoms with Crippen LogP contribution in [0.1, 0.15) is 46.4 Å². The lowest BCUT2D eigenvalue weighted by molar-refractivity contribution is 0.0907. The molecule has 1 heterocycles. The molecule has 0 spiro atoms. The van der Waals surface area contributed by atoms with Crippen LogP contribution < -0.4 is 16.4 Å². The second-order valence-corrected chi connectivity index (χ2v) is 7.53. The summed E-state index contributed by atoms with van der Waals surface area (Å²) in [5.74, 6) is -0.0483. The van der Waals surface area contributed by atoms with Crippen molar-refractivity contribution in [2.75, 3.05) is 11.9 Å². The largest absolute Gasteiger partial charge is 0.349 e. The second kappa shape index (κ2) is 8.45. The molecular formula is C22H25N5O2. The average molecular weight is 391 g/mol. The minimum Gasteiger partial charge on any atom is -0.349 e. The van der Waals surface area contributed by atoms with Crippen LogP contribution in [0.25, 0.3) is 11.0 Å². The standard InChI is InChI=1S/C22H25N5O2/c23-12-16-4-1-2-7-18(16)27-22(29)14-5-3-6-17(10-14)26-21(28)15-8-9-19-20(11-15)25-13-24-19/h3,5-6,8-11,13,16,18H,1-2,4,7,12,23H2,(H,24,25)(H,26,28)(H,27,29). The summed E-state index contributed by atoms with van der Waals surface area (Å²) < 4.78 is 0. The van der Waals surface area contributed by atoms with Gasteiger partial charge in [0.25, 0.3) is 11.8 Å². The first-order valence-corrected chi connectivity index (χ1v) is 9.99. The number of amides is 2. The Kier molecular flexibility index (Phi) is 5.57. The zero-order valence-corrected chi connectivity index (χ0v) is 16.2. The smallest absolute Gasteiger partial charge is 0.255 e. The van der Waals surface area contributed by atoms with E-state index in [2.05, 4.69) is 20.6 Å². The van der Waals surface area contributed by atoms with Gasteiger partial charge in [-0.05, 0) is 61.7 Å². The lowest BCUT2D eigenvalue weighted by atomic mass is 9.84. The summed E-state index contributed by atoms with van der Waals surface area (Å²) in [4.78, 5) is 32.5. The molecule has 3 aromatic rings. The maximum Gasteiger partial charge on any atom is 0.255 e. The van der Waals surface area contributed by atoms with Crippen molar-refractivity contribution in [2.45, 2.75) is 31.7 Å². The number of carbonyl (C=O) groups excluding carboxylic acids is 2. The first-order valence-electron chi connectivity index (χ1n) is 9.99. The Hall–Kier alpha value is -3.19. The monoisotopic (exact) mass is 391 g/mol. The van der Waals surface area contributed by atoms with E-state index >= 15 is 0 Å². The molecular weight excluding hydrogens is 366 g/mol. The van der Waals surface area contributed by atoms with Crippen LogP contribution in [-0.2, 0) is 0 Å². The zero-order chi connectivity index (χ0) is 20.2. The lowest BCUT2D eigenvalue weighted by Crippen LogP contribution is -2.44. The van der Waals surface area contributed by atoms with Crippen LogP contribution in [0.5, 0.6) is 0 Å². The van der Waals surface area contributed by atoms with Gasteiger partial charge in [-0.3, -0.25) is 9.59 Å². The summed E-state index contributed by atoms with van der Waals surface area (Å²) >= 11 is 0. The molecule has 0 aliphatic heterocycles. The van der Waals surface area contributed by atoms with E-state index in [0.29, 0.717) is 29.3 Å². The Morgan fingerprint density at radius 1 is 1.07 bits per heavy atom. The van der Waals surface area contributed by atoms with Crippen LogP contribution >= 0.6 is 0 Å². The van der Waals surface area contributed by atoms with E-state index in [1.54, 1.807) is 48.8 Å². The fourth-order valence-electron chi connectivity index (χ4n) is 3.95. The van der Waals surface area contributed by atoms with Crippen molar-refractivity contribution in [3.8, 4) is 0 Å². The van der Waals surface area contributed by atoms with Crippen molar-refractivity contribution in [3.63, 3.8) is 0 Å². The molecule has 7 heteroatoms. The van der Waals surface area contributed by atoms with Gasteiger partial charge in [-0.15, -0.1) is 0 Å². The quantitative estimate of drug-likeness (QED) is 0.535. The highest BCUT2D eigenvalue weighted by molar-refractivity contribution is 6.06. The van der Waals surface area contributed by atoms with Crippen molar-refractivity contribution in [3.05, 3.63) is 59.9 Å². The summed E-state index contributed by atoms with van der Waals surface area (Å²) in [5, 5.41) is 5.98. The minimum atomic E-state index is -0.241. The Bertz CT molecular complexity index is 1030. The van der Waals surface area contributed by atoms with Crippen molar-refractivity contribution in [2.24, 2.45) is 11.7 Å². The third-order valence-electron chi connectivity index (χ3n) is 5.59. The predicted octanol–water partition coefficient (Wildman–Crippen LogP) is 3.06. The van der Waals surface area contributed by atoms with Gasteiger partial charge in [-0.1, -0.05) is 18.9 Å². The molecule has 1 aliphatic carbocycles. The van der Waals surface area contributed by atoms with Gasteiger partial charge in [0.2, 0.25) is 0 Å². The highest BCUT2D eigenvalue weighted by Gasteiger charge is 2.25. The van der Waals surface area contributed by atoms with Crippen molar-refractivity contribution in [1.29, 1.82) is 0 Å². The molecule has 1 aliphatic rings. The highest BCUT2D eigenvalue weighted by Crippen LogP contribution is 2.24. The van der Waals surface area contributed by atoms with Crippen LogP contribution in [0.15, 0.2) is 48.8 Å². The van der Waals surface area contributed by atoms with Crippen LogP contribution in [-0.4, -0.2) is 34.4 Å². The molecule has 150 valence electrons. The van der Waals surface area contributed by atoms with Gasteiger partial charge in [-0.2, -0.15) is 0 Å². The summed E-state index contributed by atoms with van der Waals surface area (Å²) in [6.07, 6.45) is 5.88. The van der Waals surface area contributed by atoms with E-state index in [9.17, 15) is 9.59 Å². The fraction of sp³-hybridized carbons (Fsp3) is 0.318. The van der Waals surface area contributed by atoms with E-state index in [1.165, 1.54) is 6.42 Å². The minimum absolute atomic E-state index is 0.112. The molecule has 29 heavy (non-hydrogen) atoms. The number of aromatic nitrogens is 2. The number of nitrogens with one attached hydrogen (secondary N) is 3. The van der Waals surface area contributed by atoms with Gasteiger partial charge in [0, 0.05) is 22.9 Å². The summed E-state index contributed by atoms with van der Waals surface area (Å²) in [6.45, 7) is 0.585. The molecule has 2 atom stereocenters. The molecule has 2 unspecified atom stereocenters. The number of nitrogens with two attached hydrogens (primary N) is 1. The third-order valence-corrected chi connectivity index (χ3v) is 5.59. The van der Waals surface area contributed by atoms with Crippen molar-refractivity contribution in [1.82, 2.24) is 15.3 Å². The van der Waals surface area contributed by atoms with Gasteiger partial charge in [-0.25, -0.2) is 4.98 Å². The molecule has 1 aromatic heterocycles. The van der Waals surface area contributed by atoms with E-state index in [0.717, 1.165) is 30.3 Å². The molecule has 2 aromatic carbocycles. The summed E-state index contributed by atoms with van der Waals surface area (Å²) in [5.41, 5.74) is 9.08. The Morgan fingerprint density at radius 2 is 1.90 bits per heavy atom. The van der Waals surface area contributed by atoms with Gasteiger partial charge >= 0.3 is 0 Å². The van der Waals surface area contributed by atoms with Gasteiger partial charge in [0.1, 0.15) is 0 Å². The maximum atomic E-state index is 12.7. The average Bonchev–Trinajstić information content (AvgIpc) is 3.22. The van der Waals surface area contributed by atoms with E-state index < -0.39 is 0 Å². The number of H-pyrrole nitrogens is 1. The normalized spacial score (nSPS) is 19.1. The van der Waals surface area contributed by atoms with Crippen LogP contribution in [0.3, 0.4) is 0 Å². The number of aromatic amines is 1. The first-order chi connectivity index (χ1) is 14.1. The second-order valence-electron chi connectivity index (χ2n) is 7.53. The van der Waals surface area contributed by atoms with E-state index in [1.807, 2.05) is 0 Å². The number of benzene rings is 2. The molecule has 0 bridgehead atoms. The van der Waals surface area contributed by atoms with E-state index in [4.69, 9.17) is 5.73 Å².